The first-order valence-corrected chi connectivity index (χ1v) is 10.4. The molecule has 2 aliphatic rings. The van der Waals surface area contributed by atoms with E-state index >= 15 is 0 Å². The highest BCUT2D eigenvalue weighted by atomic mass is 14.3. The van der Waals surface area contributed by atoms with Gasteiger partial charge in [0.25, 0.3) is 0 Å². The summed E-state index contributed by atoms with van der Waals surface area (Å²) in [4.78, 5) is 0. The van der Waals surface area contributed by atoms with Crippen molar-refractivity contribution in [1.82, 2.24) is 0 Å². The van der Waals surface area contributed by atoms with E-state index < -0.39 is 0 Å². The van der Waals surface area contributed by atoms with E-state index in [1.807, 2.05) is 0 Å². The number of rotatable bonds is 5. The van der Waals surface area contributed by atoms with Gasteiger partial charge in [-0.3, -0.25) is 0 Å². The average molecular weight is 293 g/mol. The second-order valence-electron chi connectivity index (χ2n) is 8.09. The van der Waals surface area contributed by atoms with Crippen LogP contribution in [-0.4, -0.2) is 0 Å². The fourth-order valence-corrected chi connectivity index (χ4v) is 4.98. The van der Waals surface area contributed by atoms with E-state index in [9.17, 15) is 0 Å². The van der Waals surface area contributed by atoms with Gasteiger partial charge in [0.15, 0.2) is 0 Å². The fraction of sp³-hybridized carbons (Fsp3) is 1.00. The highest BCUT2D eigenvalue weighted by molar-refractivity contribution is 4.76. The van der Waals surface area contributed by atoms with Gasteiger partial charge in [-0.25, -0.2) is 0 Å². The van der Waals surface area contributed by atoms with Crippen LogP contribution in [0, 0.1) is 17.8 Å². The molecule has 0 amide bonds. The molecule has 2 saturated carbocycles. The Balaban J connectivity index is 1.76. The van der Waals surface area contributed by atoms with Crippen molar-refractivity contribution in [2.75, 3.05) is 0 Å². The third-order valence-corrected chi connectivity index (χ3v) is 6.42. The molecule has 0 heterocycles. The lowest BCUT2D eigenvalue weighted by Crippen LogP contribution is -2.19. The zero-order valence-electron chi connectivity index (χ0n) is 14.8. The number of hydrogen-bond donors (Lipinski definition) is 0. The third-order valence-electron chi connectivity index (χ3n) is 6.42. The van der Waals surface area contributed by atoms with Gasteiger partial charge in [0, 0.05) is 0 Å². The van der Waals surface area contributed by atoms with E-state index in [1.165, 1.54) is 70.6 Å². The minimum absolute atomic E-state index is 1.08. The predicted octanol–water partition coefficient (Wildman–Crippen LogP) is 7.51. The van der Waals surface area contributed by atoms with Crippen molar-refractivity contribution < 1.29 is 0 Å². The van der Waals surface area contributed by atoms with Gasteiger partial charge in [0.1, 0.15) is 0 Å². The van der Waals surface area contributed by atoms with Gasteiger partial charge in [0.2, 0.25) is 0 Å². The Morgan fingerprint density at radius 1 is 0.571 bits per heavy atom. The highest BCUT2D eigenvalue weighted by Crippen LogP contribution is 2.37. The normalized spacial score (nSPS) is 30.1. The van der Waals surface area contributed by atoms with E-state index in [2.05, 4.69) is 6.92 Å². The van der Waals surface area contributed by atoms with Gasteiger partial charge in [-0.2, -0.15) is 0 Å². The molecule has 2 unspecified atom stereocenters. The smallest absolute Gasteiger partial charge is 0.0386 e. The minimum Gasteiger partial charge on any atom is -0.0654 e. The highest BCUT2D eigenvalue weighted by Gasteiger charge is 2.24. The van der Waals surface area contributed by atoms with Crippen LogP contribution in [0.1, 0.15) is 116 Å². The fourth-order valence-electron chi connectivity index (χ4n) is 4.98. The molecule has 0 radical (unpaired) electrons. The summed E-state index contributed by atoms with van der Waals surface area (Å²) in [6, 6.07) is 0. The largest absolute Gasteiger partial charge is 0.0654 e. The second kappa shape index (κ2) is 10.7. The van der Waals surface area contributed by atoms with Crippen LogP contribution in [-0.2, 0) is 0 Å². The summed E-state index contributed by atoms with van der Waals surface area (Å²) in [6.45, 7) is 2.34. The van der Waals surface area contributed by atoms with E-state index in [-0.39, 0.29) is 0 Å². The molecule has 0 nitrogen and oxygen atoms in total. The summed E-state index contributed by atoms with van der Waals surface area (Å²) in [5, 5.41) is 0. The standard InChI is InChI=1S/C21H40/c1-2-3-7-12-19-13-10-11-16-21(18-17-19)20-14-8-5-4-6-9-15-20/h19-21H,2-18H2,1H3. The van der Waals surface area contributed by atoms with Gasteiger partial charge < -0.3 is 0 Å². The molecule has 2 rings (SSSR count). The first-order chi connectivity index (χ1) is 10.4. The quantitative estimate of drug-likeness (QED) is 0.460. The van der Waals surface area contributed by atoms with Gasteiger partial charge in [-0.1, -0.05) is 110 Å². The molecule has 21 heavy (non-hydrogen) atoms. The Morgan fingerprint density at radius 3 is 1.86 bits per heavy atom. The SMILES string of the molecule is CCCCCC1CCCCC(C2CCCCCCC2)CC1. The lowest BCUT2D eigenvalue weighted by molar-refractivity contribution is 0.199. The summed E-state index contributed by atoms with van der Waals surface area (Å²) >= 11 is 0. The van der Waals surface area contributed by atoms with Crippen LogP contribution >= 0.6 is 0 Å². The molecular formula is C21H40. The summed E-state index contributed by atoms with van der Waals surface area (Å²) in [6.07, 6.45) is 25.9. The Morgan fingerprint density at radius 2 is 1.14 bits per heavy atom. The van der Waals surface area contributed by atoms with Crippen LogP contribution < -0.4 is 0 Å². The van der Waals surface area contributed by atoms with Crippen molar-refractivity contribution >= 4 is 0 Å². The average Bonchev–Trinajstić information content (AvgIpc) is 2.42. The zero-order chi connectivity index (χ0) is 14.8. The Hall–Kier alpha value is 0. The maximum atomic E-state index is 2.34. The third kappa shape index (κ3) is 6.74. The van der Waals surface area contributed by atoms with Crippen molar-refractivity contribution in [3.05, 3.63) is 0 Å². The monoisotopic (exact) mass is 292 g/mol. The molecule has 0 heteroatoms. The molecular weight excluding hydrogens is 252 g/mol. The number of hydrogen-bond acceptors (Lipinski definition) is 0. The van der Waals surface area contributed by atoms with Crippen LogP contribution in [0.2, 0.25) is 0 Å². The van der Waals surface area contributed by atoms with Crippen molar-refractivity contribution in [2.24, 2.45) is 17.8 Å². The van der Waals surface area contributed by atoms with Crippen molar-refractivity contribution in [2.45, 2.75) is 116 Å². The minimum atomic E-state index is 1.08. The van der Waals surface area contributed by atoms with Crippen LogP contribution in [0.4, 0.5) is 0 Å². The van der Waals surface area contributed by atoms with Crippen LogP contribution in [0.15, 0.2) is 0 Å². The Bertz CT molecular complexity index is 236. The van der Waals surface area contributed by atoms with Gasteiger partial charge in [-0.15, -0.1) is 0 Å². The Labute approximate surface area is 134 Å². The molecule has 0 bridgehead atoms. The summed E-state index contributed by atoms with van der Waals surface area (Å²) in [7, 11) is 0. The van der Waals surface area contributed by atoms with Crippen molar-refractivity contribution in [1.29, 1.82) is 0 Å². The van der Waals surface area contributed by atoms with Gasteiger partial charge in [-0.05, 0) is 24.2 Å². The van der Waals surface area contributed by atoms with Crippen LogP contribution in [0.3, 0.4) is 0 Å². The maximum absolute atomic E-state index is 2.34. The summed E-state index contributed by atoms with van der Waals surface area (Å²) < 4.78 is 0. The molecule has 0 aliphatic heterocycles. The van der Waals surface area contributed by atoms with Crippen LogP contribution in [0.25, 0.3) is 0 Å². The maximum Gasteiger partial charge on any atom is -0.0386 e. The zero-order valence-corrected chi connectivity index (χ0v) is 14.8. The first-order valence-electron chi connectivity index (χ1n) is 10.4. The molecule has 2 atom stereocenters. The number of unbranched alkanes of at least 4 members (excludes halogenated alkanes) is 2. The van der Waals surface area contributed by atoms with E-state index in [4.69, 9.17) is 0 Å². The summed E-state index contributed by atoms with van der Waals surface area (Å²) in [5.74, 6) is 3.27. The van der Waals surface area contributed by atoms with Crippen molar-refractivity contribution in [3.63, 3.8) is 0 Å². The molecule has 2 aliphatic carbocycles. The van der Waals surface area contributed by atoms with Crippen molar-refractivity contribution in [3.8, 4) is 0 Å². The van der Waals surface area contributed by atoms with Gasteiger partial charge in [0.05, 0.1) is 0 Å². The second-order valence-corrected chi connectivity index (χ2v) is 8.09. The molecule has 2 fully saturated rings. The lowest BCUT2D eigenvalue weighted by atomic mass is 9.74. The summed E-state index contributed by atoms with van der Waals surface area (Å²) in [5.41, 5.74) is 0. The molecule has 0 saturated heterocycles. The molecule has 0 aromatic rings. The predicted molar refractivity (Wildman–Crippen MR) is 94.6 cm³/mol. The van der Waals surface area contributed by atoms with Crippen LogP contribution in [0.5, 0.6) is 0 Å². The Kier molecular flexibility index (Phi) is 8.83. The molecule has 0 N–H and O–H groups in total. The molecule has 0 aromatic carbocycles. The van der Waals surface area contributed by atoms with E-state index in [1.54, 1.807) is 38.5 Å². The molecule has 0 spiro atoms. The van der Waals surface area contributed by atoms with Gasteiger partial charge >= 0.3 is 0 Å². The topological polar surface area (TPSA) is 0 Å². The van der Waals surface area contributed by atoms with E-state index in [0.717, 1.165) is 17.8 Å². The molecule has 124 valence electrons. The first kappa shape index (κ1) is 17.4. The van der Waals surface area contributed by atoms with E-state index in [0.29, 0.717) is 0 Å². The lowest BCUT2D eigenvalue weighted by Gasteiger charge is -2.32. The molecule has 0 aromatic heterocycles.